The number of hydrogen-bond donors (Lipinski definition) is 1. The van der Waals surface area contributed by atoms with Crippen LogP contribution in [0.5, 0.6) is 11.5 Å². The van der Waals surface area contributed by atoms with Gasteiger partial charge in [-0.1, -0.05) is 18.9 Å². The average Bonchev–Trinajstić information content (AvgIpc) is 2.47. The molecule has 0 atom stereocenters. The van der Waals surface area contributed by atoms with Gasteiger partial charge in [0.2, 0.25) is 0 Å². The summed E-state index contributed by atoms with van der Waals surface area (Å²) < 4.78 is 27.8. The zero-order valence-corrected chi connectivity index (χ0v) is 15.2. The molecule has 1 rings (SSSR count). The van der Waals surface area contributed by atoms with E-state index in [0.717, 1.165) is 24.8 Å². The SMILES string of the molecule is C=CCc1cc(C(C)=O)c(O)cc1OCCCCCCS(C)(=O)=O. The molecule has 0 spiro atoms. The molecule has 1 aromatic carbocycles. The van der Waals surface area contributed by atoms with Crippen molar-refractivity contribution in [3.63, 3.8) is 0 Å². The van der Waals surface area contributed by atoms with Crippen molar-refractivity contribution < 1.29 is 23.1 Å². The molecule has 0 unspecified atom stereocenters. The summed E-state index contributed by atoms with van der Waals surface area (Å²) in [5, 5.41) is 9.92. The largest absolute Gasteiger partial charge is 0.507 e. The van der Waals surface area contributed by atoms with E-state index in [1.54, 1.807) is 12.1 Å². The van der Waals surface area contributed by atoms with Crippen molar-refractivity contribution in [1.82, 2.24) is 0 Å². The highest BCUT2D eigenvalue weighted by atomic mass is 32.2. The van der Waals surface area contributed by atoms with E-state index in [1.807, 2.05) is 0 Å². The second kappa shape index (κ2) is 9.47. The molecule has 134 valence electrons. The number of rotatable bonds is 11. The summed E-state index contributed by atoms with van der Waals surface area (Å²) in [6.07, 6.45) is 6.68. The summed E-state index contributed by atoms with van der Waals surface area (Å²) in [4.78, 5) is 11.5. The van der Waals surface area contributed by atoms with E-state index in [2.05, 4.69) is 6.58 Å². The van der Waals surface area contributed by atoms with Gasteiger partial charge in [0, 0.05) is 18.1 Å². The van der Waals surface area contributed by atoms with Crippen LogP contribution in [0.2, 0.25) is 0 Å². The number of carbonyl (C=O) groups excluding carboxylic acids is 1. The second-order valence-corrected chi connectivity index (χ2v) is 8.18. The van der Waals surface area contributed by atoms with Crippen molar-refractivity contribution in [2.45, 2.75) is 39.0 Å². The third-order valence-electron chi connectivity index (χ3n) is 3.59. The first-order chi connectivity index (χ1) is 11.2. The lowest BCUT2D eigenvalue weighted by Crippen LogP contribution is -2.04. The number of carbonyl (C=O) groups is 1. The fourth-order valence-electron chi connectivity index (χ4n) is 2.35. The molecule has 0 aliphatic heterocycles. The van der Waals surface area contributed by atoms with Gasteiger partial charge in [-0.15, -0.1) is 6.58 Å². The second-order valence-electron chi connectivity index (χ2n) is 5.92. The average molecular weight is 354 g/mol. The third-order valence-corrected chi connectivity index (χ3v) is 4.62. The predicted octanol–water partition coefficient (Wildman–Crippen LogP) is 3.31. The van der Waals surface area contributed by atoms with Crippen LogP contribution in [0.4, 0.5) is 0 Å². The van der Waals surface area contributed by atoms with Gasteiger partial charge in [-0.25, -0.2) is 8.42 Å². The number of phenols is 1. The minimum absolute atomic E-state index is 0.0848. The van der Waals surface area contributed by atoms with Crippen LogP contribution >= 0.6 is 0 Å². The van der Waals surface area contributed by atoms with Gasteiger partial charge in [0.15, 0.2) is 5.78 Å². The van der Waals surface area contributed by atoms with E-state index >= 15 is 0 Å². The van der Waals surface area contributed by atoms with Crippen LogP contribution in [-0.4, -0.2) is 37.9 Å². The Morgan fingerprint density at radius 1 is 1.25 bits per heavy atom. The molecule has 24 heavy (non-hydrogen) atoms. The van der Waals surface area contributed by atoms with Crippen LogP contribution in [0.15, 0.2) is 24.8 Å². The molecule has 5 nitrogen and oxygen atoms in total. The molecule has 1 aromatic rings. The quantitative estimate of drug-likeness (QED) is 0.375. The molecule has 0 fully saturated rings. The molecular formula is C18H26O5S. The van der Waals surface area contributed by atoms with Crippen LogP contribution in [-0.2, 0) is 16.3 Å². The summed E-state index contributed by atoms with van der Waals surface area (Å²) in [5.41, 5.74) is 1.09. The van der Waals surface area contributed by atoms with E-state index in [0.29, 0.717) is 25.2 Å². The third kappa shape index (κ3) is 7.17. The Kier molecular flexibility index (Phi) is 7.98. The minimum Gasteiger partial charge on any atom is -0.507 e. The first-order valence-electron chi connectivity index (χ1n) is 8.03. The first kappa shape index (κ1) is 20.2. The maximum atomic E-state index is 11.5. The van der Waals surface area contributed by atoms with E-state index in [1.165, 1.54) is 19.2 Å². The number of aromatic hydroxyl groups is 1. The first-order valence-corrected chi connectivity index (χ1v) is 10.1. The van der Waals surface area contributed by atoms with E-state index in [9.17, 15) is 18.3 Å². The predicted molar refractivity (Wildman–Crippen MR) is 95.7 cm³/mol. The van der Waals surface area contributed by atoms with Crippen LogP contribution in [0, 0.1) is 0 Å². The van der Waals surface area contributed by atoms with Gasteiger partial charge in [-0.2, -0.15) is 0 Å². The number of Topliss-reactive ketones (excluding diaryl/α,β-unsaturated/α-hetero) is 1. The molecule has 0 heterocycles. The van der Waals surface area contributed by atoms with E-state index < -0.39 is 9.84 Å². The van der Waals surface area contributed by atoms with Crippen LogP contribution < -0.4 is 4.74 Å². The fourth-order valence-corrected chi connectivity index (χ4v) is 3.08. The van der Waals surface area contributed by atoms with Crippen molar-refractivity contribution >= 4 is 15.6 Å². The lowest BCUT2D eigenvalue weighted by Gasteiger charge is -2.13. The van der Waals surface area contributed by atoms with Crippen molar-refractivity contribution in [3.05, 3.63) is 35.9 Å². The molecular weight excluding hydrogens is 328 g/mol. The van der Waals surface area contributed by atoms with Crippen molar-refractivity contribution in [1.29, 1.82) is 0 Å². The van der Waals surface area contributed by atoms with Gasteiger partial charge < -0.3 is 9.84 Å². The Morgan fingerprint density at radius 3 is 2.50 bits per heavy atom. The standard InChI is InChI=1S/C18H26O5S/c1-4-9-15-12-16(14(2)19)17(20)13-18(15)23-10-7-5-6-8-11-24(3,21)22/h4,12-13,20H,1,5-11H2,2-3H3. The number of benzene rings is 1. The zero-order valence-electron chi connectivity index (χ0n) is 14.4. The van der Waals surface area contributed by atoms with Gasteiger partial charge in [0.05, 0.1) is 12.2 Å². The number of hydrogen-bond acceptors (Lipinski definition) is 5. The number of phenolic OH excluding ortho intramolecular Hbond substituents is 1. The Hall–Kier alpha value is -1.82. The summed E-state index contributed by atoms with van der Waals surface area (Å²) in [5.74, 6) is 0.486. The van der Waals surface area contributed by atoms with Crippen molar-refractivity contribution in [2.24, 2.45) is 0 Å². The molecule has 0 saturated carbocycles. The molecule has 0 radical (unpaired) electrons. The smallest absolute Gasteiger partial charge is 0.163 e. The number of unbranched alkanes of at least 4 members (excludes halogenated alkanes) is 3. The number of allylic oxidation sites excluding steroid dienone is 1. The van der Waals surface area contributed by atoms with Crippen molar-refractivity contribution in [3.8, 4) is 11.5 Å². The Labute approximate surface area is 144 Å². The molecule has 0 saturated heterocycles. The Morgan fingerprint density at radius 2 is 1.92 bits per heavy atom. The molecule has 0 bridgehead atoms. The highest BCUT2D eigenvalue weighted by molar-refractivity contribution is 7.90. The number of ketones is 1. The monoisotopic (exact) mass is 354 g/mol. The molecule has 0 amide bonds. The summed E-state index contributed by atoms with van der Waals surface area (Å²) >= 11 is 0. The Bertz CT molecular complexity index is 677. The van der Waals surface area contributed by atoms with Crippen LogP contribution in [0.1, 0.15) is 48.5 Å². The number of ether oxygens (including phenoxy) is 1. The molecule has 0 aliphatic rings. The number of sulfone groups is 1. The molecule has 0 aromatic heterocycles. The summed E-state index contributed by atoms with van der Waals surface area (Å²) in [6, 6.07) is 3.11. The highest BCUT2D eigenvalue weighted by Gasteiger charge is 2.13. The molecule has 0 aliphatic carbocycles. The van der Waals surface area contributed by atoms with Crippen molar-refractivity contribution in [2.75, 3.05) is 18.6 Å². The maximum absolute atomic E-state index is 11.5. The van der Waals surface area contributed by atoms with Gasteiger partial charge in [0.1, 0.15) is 21.3 Å². The summed E-state index contributed by atoms with van der Waals surface area (Å²) in [6.45, 7) is 5.57. The fraction of sp³-hybridized carbons (Fsp3) is 0.500. The van der Waals surface area contributed by atoms with Gasteiger partial charge in [-0.05, 0) is 37.8 Å². The summed E-state index contributed by atoms with van der Waals surface area (Å²) in [7, 11) is -2.88. The highest BCUT2D eigenvalue weighted by Crippen LogP contribution is 2.29. The van der Waals surface area contributed by atoms with Gasteiger partial charge >= 0.3 is 0 Å². The van der Waals surface area contributed by atoms with E-state index in [4.69, 9.17) is 4.74 Å². The van der Waals surface area contributed by atoms with Gasteiger partial charge in [-0.3, -0.25) is 4.79 Å². The lowest BCUT2D eigenvalue weighted by atomic mass is 10.0. The Balaban J connectivity index is 2.53. The minimum atomic E-state index is -2.88. The van der Waals surface area contributed by atoms with Gasteiger partial charge in [0.25, 0.3) is 0 Å². The lowest BCUT2D eigenvalue weighted by molar-refractivity contribution is 0.101. The topological polar surface area (TPSA) is 80.7 Å². The normalized spacial score (nSPS) is 11.2. The maximum Gasteiger partial charge on any atom is 0.163 e. The molecule has 1 N–H and O–H groups in total. The van der Waals surface area contributed by atoms with E-state index in [-0.39, 0.29) is 22.8 Å². The molecule has 6 heteroatoms. The van der Waals surface area contributed by atoms with Crippen LogP contribution in [0.25, 0.3) is 0 Å². The zero-order chi connectivity index (χ0) is 18.2. The van der Waals surface area contributed by atoms with Crippen LogP contribution in [0.3, 0.4) is 0 Å².